The van der Waals surface area contributed by atoms with Gasteiger partial charge in [0.15, 0.2) is 0 Å². The summed E-state index contributed by atoms with van der Waals surface area (Å²) < 4.78 is 0. The van der Waals surface area contributed by atoms with Crippen molar-refractivity contribution in [1.29, 1.82) is 5.26 Å². The van der Waals surface area contributed by atoms with Crippen LogP contribution in [0, 0.1) is 50.4 Å². The van der Waals surface area contributed by atoms with Crippen molar-refractivity contribution in [2.45, 2.75) is 140 Å². The third-order valence-electron chi connectivity index (χ3n) is 12.5. The highest BCUT2D eigenvalue weighted by Crippen LogP contribution is 2.44. The van der Waals surface area contributed by atoms with Crippen LogP contribution in [0.25, 0.3) is 33.8 Å². The Bertz CT molecular complexity index is 2230. The summed E-state index contributed by atoms with van der Waals surface area (Å²) in [5, 5.41) is 10.5. The average molecular weight is 751 g/mol. The summed E-state index contributed by atoms with van der Waals surface area (Å²) in [6, 6.07) is 8.88. The second kappa shape index (κ2) is 18.0. The Kier molecular flexibility index (Phi) is 14.1. The molecule has 0 aromatic carbocycles. The van der Waals surface area contributed by atoms with Crippen molar-refractivity contribution in [3.8, 4) is 6.07 Å². The van der Waals surface area contributed by atoms with E-state index in [9.17, 15) is 10.1 Å². The minimum atomic E-state index is -0.000324. The molecule has 1 N–H and O–H groups in total. The molecule has 5 nitrogen and oxygen atoms in total. The van der Waals surface area contributed by atoms with Crippen LogP contribution in [0.5, 0.6) is 0 Å². The van der Waals surface area contributed by atoms with Gasteiger partial charge >= 0.3 is 0 Å². The van der Waals surface area contributed by atoms with Crippen LogP contribution in [0.15, 0.2) is 55.7 Å². The third-order valence-corrected chi connectivity index (χ3v) is 12.5. The number of hydrogen-bond acceptors (Lipinski definition) is 4. The molecule has 5 heteroatoms. The van der Waals surface area contributed by atoms with Gasteiger partial charge in [-0.2, -0.15) is 5.26 Å². The van der Waals surface area contributed by atoms with Crippen LogP contribution in [0.4, 0.5) is 0 Å². The summed E-state index contributed by atoms with van der Waals surface area (Å²) in [5.41, 5.74) is 17.9. The van der Waals surface area contributed by atoms with Crippen molar-refractivity contribution in [3.05, 3.63) is 117 Å². The number of nitriles is 1. The van der Waals surface area contributed by atoms with E-state index in [0.717, 1.165) is 110 Å². The summed E-state index contributed by atoms with van der Waals surface area (Å²) in [4.78, 5) is 27.0. The molecule has 4 rings (SSSR count). The first-order valence-electron chi connectivity index (χ1n) is 20.4. The Labute approximate surface area is 338 Å². The van der Waals surface area contributed by atoms with Crippen LogP contribution in [-0.4, -0.2) is 20.7 Å². The molecule has 2 aliphatic rings. The Morgan fingerprint density at radius 3 is 2.27 bits per heavy atom. The maximum atomic E-state index is 12.5. The van der Waals surface area contributed by atoms with E-state index in [1.165, 1.54) is 11.1 Å². The van der Waals surface area contributed by atoms with Crippen molar-refractivity contribution in [2.75, 3.05) is 0 Å². The zero-order valence-electron chi connectivity index (χ0n) is 36.6. The number of allylic oxidation sites excluding steroid dienone is 5. The fourth-order valence-corrected chi connectivity index (χ4v) is 8.56. The number of aromatic amines is 1. The van der Waals surface area contributed by atoms with Crippen molar-refractivity contribution in [2.24, 2.45) is 11.3 Å². The number of hydrogen-bond donors (Lipinski definition) is 1. The molecule has 3 unspecified atom stereocenters. The molecule has 4 heterocycles. The minimum absolute atomic E-state index is 0.000324. The summed E-state index contributed by atoms with van der Waals surface area (Å²) in [6.45, 7) is 43.1. The van der Waals surface area contributed by atoms with Gasteiger partial charge in [0.2, 0.25) is 0 Å². The Morgan fingerprint density at radius 2 is 1.68 bits per heavy atom. The molecule has 56 heavy (non-hydrogen) atoms. The van der Waals surface area contributed by atoms with Crippen LogP contribution in [0.1, 0.15) is 167 Å². The molecule has 296 valence electrons. The Hall–Kier alpha value is -4.82. The molecule has 2 aromatic rings. The van der Waals surface area contributed by atoms with Crippen LogP contribution < -0.4 is 0 Å². The lowest BCUT2D eigenvalue weighted by atomic mass is 9.77. The molecule has 0 radical (unpaired) electrons. The summed E-state index contributed by atoms with van der Waals surface area (Å²) in [7, 11) is 0. The van der Waals surface area contributed by atoms with Crippen molar-refractivity contribution < 1.29 is 4.79 Å². The van der Waals surface area contributed by atoms with Crippen LogP contribution in [-0.2, 0) is 11.2 Å². The van der Waals surface area contributed by atoms with Gasteiger partial charge in [-0.15, -0.1) is 0 Å². The molecule has 0 fully saturated rings. The molecule has 0 spiro atoms. The van der Waals surface area contributed by atoms with E-state index in [-0.39, 0.29) is 23.0 Å². The van der Waals surface area contributed by atoms with Crippen LogP contribution >= 0.6 is 0 Å². The number of Topliss-reactive ketones (excluding diaryl/α,β-unsaturated/α-hetero) is 1. The number of rotatable bonds is 14. The number of aromatic nitrogens is 3. The third kappa shape index (κ3) is 9.58. The standard InChI is InChI=1S/C51H66N4O/c1-17-40-36(11)45-26-48-41(18-2)37(12)44(54-48)25-46-38(13)42(20-19-34(9)56)50(55-46)43(23-30(5)27-51(15,16)22-21-31(6)29(3)4)39(14)49(33(8)28-52)35(10)32(7)24-47(40)53-45/h18,24-26,31,38,42,54H,2-3,5,8,17,19-23,27H2,1,4,6-7,9-16H3. The van der Waals surface area contributed by atoms with Gasteiger partial charge in [0.1, 0.15) is 5.78 Å². The minimum Gasteiger partial charge on any atom is -0.355 e. The van der Waals surface area contributed by atoms with E-state index in [2.05, 4.69) is 125 Å². The first-order chi connectivity index (χ1) is 26.2. The molecular weight excluding hydrogens is 685 g/mol. The quantitative estimate of drug-likeness (QED) is 0.154. The largest absolute Gasteiger partial charge is 0.355 e. The second-order valence-corrected chi connectivity index (χ2v) is 17.5. The fraction of sp³-hybridized carbons (Fsp3) is 0.451. The predicted molar refractivity (Wildman–Crippen MR) is 240 cm³/mol. The van der Waals surface area contributed by atoms with Gasteiger partial charge in [-0.3, -0.25) is 4.98 Å². The first kappa shape index (κ1) is 43.9. The van der Waals surface area contributed by atoms with Gasteiger partial charge in [0.25, 0.3) is 0 Å². The van der Waals surface area contributed by atoms with Crippen molar-refractivity contribution in [1.82, 2.24) is 15.0 Å². The molecule has 0 saturated heterocycles. The lowest BCUT2D eigenvalue weighted by molar-refractivity contribution is -0.117. The first-order valence-corrected chi connectivity index (χ1v) is 20.4. The molecule has 6 bridgehead atoms. The second-order valence-electron chi connectivity index (χ2n) is 17.5. The molecule has 2 aliphatic heterocycles. The van der Waals surface area contributed by atoms with Gasteiger partial charge in [0.05, 0.1) is 23.0 Å². The van der Waals surface area contributed by atoms with Crippen LogP contribution in [0.3, 0.4) is 0 Å². The zero-order chi connectivity index (χ0) is 41.8. The Morgan fingerprint density at radius 1 is 1.00 bits per heavy atom. The molecule has 3 atom stereocenters. The van der Waals surface area contributed by atoms with E-state index < -0.39 is 0 Å². The van der Waals surface area contributed by atoms with E-state index in [0.29, 0.717) is 30.8 Å². The smallest absolute Gasteiger partial charge is 0.129 e. The number of carbonyl (C=O) groups excluding carboxylic acids is 1. The lowest BCUT2D eigenvalue weighted by Gasteiger charge is -2.28. The topological polar surface area (TPSA) is 82.4 Å². The maximum Gasteiger partial charge on any atom is 0.129 e. The van der Waals surface area contributed by atoms with Crippen molar-refractivity contribution in [3.63, 3.8) is 0 Å². The SMILES string of the molecule is C=Cc1c(C)c2cc3nc(c(CC(=C)CC(C)(C)CCC(C)C(=C)C)c(C)c(C(=C)C#N)c(C)c(C)cc4nc(cc1[nH]2)C(C)=C4CC)C(CCC(C)=O)C3C. The number of H-pyrrole nitrogens is 1. The summed E-state index contributed by atoms with van der Waals surface area (Å²) in [6.07, 6.45) is 7.49. The number of aryl methyl sites for hydroxylation is 2. The lowest BCUT2D eigenvalue weighted by Crippen LogP contribution is -2.16. The normalized spacial score (nSPS) is 15.8. The van der Waals surface area contributed by atoms with E-state index in [4.69, 9.17) is 16.5 Å². The summed E-state index contributed by atoms with van der Waals surface area (Å²) >= 11 is 0. The molecule has 0 aliphatic carbocycles. The van der Waals surface area contributed by atoms with Gasteiger partial charge in [0, 0.05) is 46.2 Å². The monoisotopic (exact) mass is 751 g/mol. The number of carbonyl (C=O) groups is 1. The Balaban J connectivity index is 2.20. The molecule has 2 aromatic heterocycles. The van der Waals surface area contributed by atoms with E-state index >= 15 is 0 Å². The average Bonchev–Trinajstić information content (AvgIpc) is 3.71. The highest BCUT2D eigenvalue weighted by atomic mass is 16.1. The fourth-order valence-electron chi connectivity index (χ4n) is 8.56. The number of fused-ring (bicyclic) bond motifs is 6. The van der Waals surface area contributed by atoms with Gasteiger partial charge < -0.3 is 9.78 Å². The summed E-state index contributed by atoms with van der Waals surface area (Å²) in [5.74, 6) is 0.671. The number of ketones is 1. The highest BCUT2D eigenvalue weighted by molar-refractivity contribution is 5.92. The highest BCUT2D eigenvalue weighted by Gasteiger charge is 2.32. The number of nitrogens with zero attached hydrogens (tertiary/aromatic N) is 3. The predicted octanol–water partition coefficient (Wildman–Crippen LogP) is 13.9. The molecular formula is C51H66N4O. The van der Waals surface area contributed by atoms with E-state index in [1.807, 2.05) is 6.08 Å². The molecule has 0 amide bonds. The molecule has 0 saturated carbocycles. The van der Waals surface area contributed by atoms with Gasteiger partial charge in [-0.05, 0) is 161 Å². The van der Waals surface area contributed by atoms with Crippen molar-refractivity contribution >= 4 is 39.6 Å². The maximum absolute atomic E-state index is 12.5. The van der Waals surface area contributed by atoms with Crippen LogP contribution in [0.2, 0.25) is 0 Å². The van der Waals surface area contributed by atoms with Gasteiger partial charge in [-0.1, -0.05) is 78.2 Å². The van der Waals surface area contributed by atoms with E-state index in [1.54, 1.807) is 6.92 Å². The number of nitrogens with one attached hydrogen (secondary N) is 1. The van der Waals surface area contributed by atoms with Gasteiger partial charge in [-0.25, -0.2) is 4.98 Å². The zero-order valence-corrected chi connectivity index (χ0v) is 36.6.